The number of hydrogen-bond donors (Lipinski definition) is 2. The van der Waals surface area contributed by atoms with Gasteiger partial charge in [-0.1, -0.05) is 67.6 Å². The van der Waals surface area contributed by atoms with E-state index in [9.17, 15) is 17.6 Å². The average Bonchev–Trinajstić information content (AvgIpc) is 2.81. The van der Waals surface area contributed by atoms with Crippen LogP contribution in [0.25, 0.3) is 22.2 Å². The van der Waals surface area contributed by atoms with Crippen molar-refractivity contribution in [2.75, 3.05) is 11.0 Å². The molecule has 8 heteroatoms. The summed E-state index contributed by atoms with van der Waals surface area (Å²) in [6, 6.07) is 21.9. The summed E-state index contributed by atoms with van der Waals surface area (Å²) in [4.78, 5) is 18.3. The SMILES string of the molecule is CC[C@H](NC(=O)c1c(NS(C)(=O)=O)c(-c2cccc(F)c2)nc2ccccc12)c1ccccc1. The fourth-order valence-corrected chi connectivity index (χ4v) is 4.48. The number of carbonyl (C=O) groups is 1. The van der Waals surface area contributed by atoms with Crippen molar-refractivity contribution in [3.8, 4) is 11.3 Å². The first-order valence-electron chi connectivity index (χ1n) is 10.8. The molecule has 0 unspecified atom stereocenters. The number of anilines is 1. The lowest BCUT2D eigenvalue weighted by atomic mass is 9.99. The van der Waals surface area contributed by atoms with Gasteiger partial charge in [-0.2, -0.15) is 0 Å². The number of hydrogen-bond acceptors (Lipinski definition) is 4. The van der Waals surface area contributed by atoms with Gasteiger partial charge in [0, 0.05) is 10.9 Å². The zero-order chi connectivity index (χ0) is 24.3. The summed E-state index contributed by atoms with van der Waals surface area (Å²) in [5, 5.41) is 3.51. The molecule has 6 nitrogen and oxygen atoms in total. The number of rotatable bonds is 7. The molecule has 0 saturated carbocycles. The summed E-state index contributed by atoms with van der Waals surface area (Å²) < 4.78 is 41.2. The van der Waals surface area contributed by atoms with Gasteiger partial charge in [-0.15, -0.1) is 0 Å². The van der Waals surface area contributed by atoms with Gasteiger partial charge in [0.2, 0.25) is 10.0 Å². The lowest BCUT2D eigenvalue weighted by Gasteiger charge is -2.21. The number of amides is 1. The number of nitrogens with zero attached hydrogens (tertiary/aromatic N) is 1. The molecule has 0 aliphatic rings. The molecule has 0 saturated heterocycles. The van der Waals surface area contributed by atoms with Crippen LogP contribution in [0, 0.1) is 5.82 Å². The number of fused-ring (bicyclic) bond motifs is 1. The molecule has 2 N–H and O–H groups in total. The van der Waals surface area contributed by atoms with Crippen LogP contribution in [0.5, 0.6) is 0 Å². The second kappa shape index (κ2) is 9.61. The summed E-state index contributed by atoms with van der Waals surface area (Å²) in [7, 11) is -3.79. The number of nitrogens with one attached hydrogen (secondary N) is 2. The molecule has 1 aromatic heterocycles. The van der Waals surface area contributed by atoms with Gasteiger partial charge in [-0.25, -0.2) is 17.8 Å². The van der Waals surface area contributed by atoms with E-state index < -0.39 is 21.7 Å². The molecule has 0 bridgehead atoms. The van der Waals surface area contributed by atoms with Crippen LogP contribution in [-0.4, -0.2) is 25.6 Å². The molecule has 0 radical (unpaired) electrons. The smallest absolute Gasteiger partial charge is 0.254 e. The maximum atomic E-state index is 14.1. The Morgan fingerprint density at radius 1 is 1.00 bits per heavy atom. The van der Waals surface area contributed by atoms with Crippen LogP contribution in [0.1, 0.15) is 35.3 Å². The summed E-state index contributed by atoms with van der Waals surface area (Å²) in [6.07, 6.45) is 1.63. The van der Waals surface area contributed by atoms with Crippen LogP contribution in [0.2, 0.25) is 0 Å². The van der Waals surface area contributed by atoms with Crippen molar-refractivity contribution in [2.45, 2.75) is 19.4 Å². The Bertz CT molecular complexity index is 1460. The molecule has 0 spiro atoms. The topological polar surface area (TPSA) is 88.2 Å². The fourth-order valence-electron chi connectivity index (χ4n) is 3.91. The van der Waals surface area contributed by atoms with Crippen molar-refractivity contribution in [2.24, 2.45) is 0 Å². The van der Waals surface area contributed by atoms with Crippen molar-refractivity contribution in [3.63, 3.8) is 0 Å². The minimum Gasteiger partial charge on any atom is -0.345 e. The Kier molecular flexibility index (Phi) is 6.61. The van der Waals surface area contributed by atoms with Crippen molar-refractivity contribution in [3.05, 3.63) is 95.8 Å². The molecule has 34 heavy (non-hydrogen) atoms. The Hall–Kier alpha value is -3.78. The third kappa shape index (κ3) is 5.07. The summed E-state index contributed by atoms with van der Waals surface area (Å²) in [5.41, 5.74) is 2.07. The van der Waals surface area contributed by atoms with Crippen molar-refractivity contribution < 1.29 is 17.6 Å². The zero-order valence-corrected chi connectivity index (χ0v) is 19.6. The van der Waals surface area contributed by atoms with E-state index in [1.54, 1.807) is 30.3 Å². The number of aromatic nitrogens is 1. The molecular weight excluding hydrogens is 453 g/mol. The first-order valence-corrected chi connectivity index (χ1v) is 12.7. The van der Waals surface area contributed by atoms with E-state index in [0.717, 1.165) is 11.8 Å². The number of sulfonamides is 1. The van der Waals surface area contributed by atoms with E-state index in [2.05, 4.69) is 15.0 Å². The molecule has 0 fully saturated rings. The fraction of sp³-hybridized carbons (Fsp3) is 0.154. The second-order valence-corrected chi connectivity index (χ2v) is 9.71. The molecule has 0 aliphatic carbocycles. The highest BCUT2D eigenvalue weighted by Crippen LogP contribution is 2.36. The Morgan fingerprint density at radius 3 is 2.38 bits per heavy atom. The van der Waals surface area contributed by atoms with Crippen LogP contribution in [0.4, 0.5) is 10.1 Å². The normalized spacial score (nSPS) is 12.3. The monoisotopic (exact) mass is 477 g/mol. The number of benzene rings is 3. The molecule has 174 valence electrons. The number of halogens is 1. The first kappa shape index (κ1) is 23.4. The molecule has 3 aromatic carbocycles. The van der Waals surface area contributed by atoms with Gasteiger partial charge in [0.05, 0.1) is 34.8 Å². The van der Waals surface area contributed by atoms with Crippen LogP contribution in [0.15, 0.2) is 78.9 Å². The highest BCUT2D eigenvalue weighted by Gasteiger charge is 2.25. The van der Waals surface area contributed by atoms with E-state index in [0.29, 0.717) is 22.9 Å². The lowest BCUT2D eigenvalue weighted by molar-refractivity contribution is 0.0938. The van der Waals surface area contributed by atoms with E-state index in [-0.39, 0.29) is 23.0 Å². The predicted molar refractivity (Wildman–Crippen MR) is 133 cm³/mol. The van der Waals surface area contributed by atoms with Gasteiger partial charge in [0.25, 0.3) is 5.91 Å². The van der Waals surface area contributed by atoms with E-state index in [1.807, 2.05) is 37.3 Å². The summed E-state index contributed by atoms with van der Waals surface area (Å²) in [5.74, 6) is -0.961. The van der Waals surface area contributed by atoms with Crippen molar-refractivity contribution in [1.29, 1.82) is 0 Å². The highest BCUT2D eigenvalue weighted by molar-refractivity contribution is 7.92. The molecule has 1 heterocycles. The Morgan fingerprint density at radius 2 is 1.71 bits per heavy atom. The van der Waals surface area contributed by atoms with E-state index in [1.165, 1.54) is 18.2 Å². The van der Waals surface area contributed by atoms with Gasteiger partial charge < -0.3 is 5.32 Å². The van der Waals surface area contributed by atoms with Crippen LogP contribution in [-0.2, 0) is 10.0 Å². The highest BCUT2D eigenvalue weighted by atomic mass is 32.2. The minimum atomic E-state index is -3.79. The molecule has 1 amide bonds. The molecule has 4 aromatic rings. The maximum Gasteiger partial charge on any atom is 0.254 e. The third-order valence-corrected chi connectivity index (χ3v) is 6.00. The Balaban J connectivity index is 1.95. The van der Waals surface area contributed by atoms with Gasteiger partial charge in [-0.05, 0) is 30.2 Å². The van der Waals surface area contributed by atoms with Crippen LogP contribution >= 0.6 is 0 Å². The average molecular weight is 478 g/mol. The van der Waals surface area contributed by atoms with Crippen molar-refractivity contribution in [1.82, 2.24) is 10.3 Å². The van der Waals surface area contributed by atoms with E-state index >= 15 is 0 Å². The Labute approximate surface area is 197 Å². The standard InChI is InChI=1S/C26H24FN3O3S/c1-3-21(17-10-5-4-6-11-17)29-26(31)23-20-14-7-8-15-22(20)28-24(25(23)30-34(2,32)33)18-12-9-13-19(27)16-18/h4-16,21,30H,3H2,1-2H3,(H,29,31)/t21-/m0/s1. The second-order valence-electron chi connectivity index (χ2n) is 7.96. The van der Waals surface area contributed by atoms with Crippen LogP contribution in [0.3, 0.4) is 0 Å². The van der Waals surface area contributed by atoms with Gasteiger partial charge in [0.15, 0.2) is 0 Å². The molecule has 1 atom stereocenters. The van der Waals surface area contributed by atoms with Gasteiger partial charge in [0.1, 0.15) is 5.82 Å². The third-order valence-electron chi connectivity index (χ3n) is 5.42. The number of pyridine rings is 1. The van der Waals surface area contributed by atoms with E-state index in [4.69, 9.17) is 0 Å². The molecule has 0 aliphatic heterocycles. The summed E-state index contributed by atoms with van der Waals surface area (Å²) >= 11 is 0. The zero-order valence-electron chi connectivity index (χ0n) is 18.7. The first-order chi connectivity index (χ1) is 16.3. The largest absolute Gasteiger partial charge is 0.345 e. The van der Waals surface area contributed by atoms with Gasteiger partial charge >= 0.3 is 0 Å². The molecule has 4 rings (SSSR count). The lowest BCUT2D eigenvalue weighted by Crippen LogP contribution is -2.30. The number of para-hydroxylation sites is 1. The quantitative estimate of drug-likeness (QED) is 0.378. The maximum absolute atomic E-state index is 14.1. The van der Waals surface area contributed by atoms with Crippen molar-refractivity contribution >= 4 is 32.5 Å². The molecular formula is C26H24FN3O3S. The van der Waals surface area contributed by atoms with Gasteiger partial charge in [-0.3, -0.25) is 9.52 Å². The summed E-state index contributed by atoms with van der Waals surface area (Å²) in [6.45, 7) is 1.95. The number of carbonyl (C=O) groups excluding carboxylic acids is 1. The predicted octanol–water partition coefficient (Wildman–Crippen LogP) is 5.29. The van der Waals surface area contributed by atoms with Crippen LogP contribution < -0.4 is 10.0 Å². The minimum absolute atomic E-state index is 0.00668.